The molecule has 7 nitrogen and oxygen atoms in total. The van der Waals surface area contributed by atoms with Crippen molar-refractivity contribution in [1.29, 1.82) is 0 Å². The lowest BCUT2D eigenvalue weighted by Gasteiger charge is -2.15. The molecule has 2 aromatic heterocycles. The predicted molar refractivity (Wildman–Crippen MR) is 106 cm³/mol. The minimum atomic E-state index is -0.259. The van der Waals surface area contributed by atoms with Crippen LogP contribution >= 0.6 is 0 Å². The third-order valence-corrected chi connectivity index (χ3v) is 4.36. The number of hydrogen-bond donors (Lipinski definition) is 3. The van der Waals surface area contributed by atoms with Crippen molar-refractivity contribution in [3.05, 3.63) is 48.3 Å². The molecule has 0 spiro atoms. The van der Waals surface area contributed by atoms with Crippen molar-refractivity contribution in [2.45, 2.75) is 45.7 Å². The highest BCUT2D eigenvalue weighted by Crippen LogP contribution is 2.19. The number of nitrogens with one attached hydrogen (secondary N) is 2. The highest BCUT2D eigenvalue weighted by molar-refractivity contribution is 5.91. The van der Waals surface area contributed by atoms with Gasteiger partial charge in [-0.1, -0.05) is 12.1 Å². The van der Waals surface area contributed by atoms with Crippen molar-refractivity contribution < 1.29 is 9.90 Å². The monoisotopic (exact) mass is 367 g/mol. The number of carbonyl (C=O) groups is 1. The van der Waals surface area contributed by atoms with Gasteiger partial charge in [0, 0.05) is 17.5 Å². The first kappa shape index (κ1) is 18.7. The molecule has 2 heterocycles. The van der Waals surface area contributed by atoms with E-state index in [0.29, 0.717) is 5.69 Å². The molecule has 2 amide bonds. The minimum Gasteiger partial charge on any atom is -0.508 e. The maximum Gasteiger partial charge on any atom is 0.319 e. The molecule has 0 aliphatic heterocycles. The van der Waals surface area contributed by atoms with Crippen LogP contribution in [0.2, 0.25) is 0 Å². The van der Waals surface area contributed by atoms with Crippen LogP contribution in [0.5, 0.6) is 5.75 Å². The Morgan fingerprint density at radius 2 is 1.93 bits per heavy atom. The number of pyridine rings is 1. The van der Waals surface area contributed by atoms with Crippen molar-refractivity contribution in [3.63, 3.8) is 0 Å². The SMILES string of the molecule is CC(CCc1ccc(O)cc1)NC(=O)Nc1cnc2c(cnn2C(C)C)c1. The van der Waals surface area contributed by atoms with Gasteiger partial charge in [0.05, 0.1) is 18.1 Å². The summed E-state index contributed by atoms with van der Waals surface area (Å²) in [5.74, 6) is 0.258. The van der Waals surface area contributed by atoms with Gasteiger partial charge in [0.25, 0.3) is 0 Å². The van der Waals surface area contributed by atoms with E-state index in [1.54, 1.807) is 24.5 Å². The number of phenolic OH excluding ortho intramolecular Hbond substituents is 1. The molecule has 27 heavy (non-hydrogen) atoms. The van der Waals surface area contributed by atoms with E-state index in [-0.39, 0.29) is 23.9 Å². The van der Waals surface area contributed by atoms with Crippen LogP contribution in [-0.2, 0) is 6.42 Å². The van der Waals surface area contributed by atoms with Gasteiger partial charge >= 0.3 is 6.03 Å². The number of benzene rings is 1. The van der Waals surface area contributed by atoms with Crippen LogP contribution in [0.1, 0.15) is 38.8 Å². The van der Waals surface area contributed by atoms with Crippen molar-refractivity contribution in [1.82, 2.24) is 20.1 Å². The Balaban J connectivity index is 1.53. The summed E-state index contributed by atoms with van der Waals surface area (Å²) < 4.78 is 1.85. The van der Waals surface area contributed by atoms with E-state index in [0.717, 1.165) is 29.4 Å². The third kappa shape index (κ3) is 4.75. The van der Waals surface area contributed by atoms with Crippen molar-refractivity contribution in [2.24, 2.45) is 0 Å². The van der Waals surface area contributed by atoms with Gasteiger partial charge in [0.15, 0.2) is 5.65 Å². The average molecular weight is 367 g/mol. The highest BCUT2D eigenvalue weighted by atomic mass is 16.3. The molecule has 7 heteroatoms. The minimum absolute atomic E-state index is 0.0131. The lowest BCUT2D eigenvalue weighted by atomic mass is 10.1. The number of fused-ring (bicyclic) bond motifs is 1. The number of aromatic hydroxyl groups is 1. The van der Waals surface area contributed by atoms with Gasteiger partial charge in [-0.05, 0) is 57.4 Å². The molecule has 3 aromatic rings. The van der Waals surface area contributed by atoms with E-state index in [9.17, 15) is 9.90 Å². The van der Waals surface area contributed by atoms with E-state index >= 15 is 0 Å². The van der Waals surface area contributed by atoms with Crippen molar-refractivity contribution in [2.75, 3.05) is 5.32 Å². The van der Waals surface area contributed by atoms with E-state index < -0.39 is 0 Å². The van der Waals surface area contributed by atoms with Crippen LogP contribution < -0.4 is 10.6 Å². The molecule has 142 valence electrons. The van der Waals surface area contributed by atoms with E-state index in [4.69, 9.17) is 0 Å². The first-order valence-electron chi connectivity index (χ1n) is 9.11. The quantitative estimate of drug-likeness (QED) is 0.617. The molecule has 3 rings (SSSR count). The Labute approximate surface area is 158 Å². The molecule has 1 aromatic carbocycles. The van der Waals surface area contributed by atoms with Crippen LogP contribution in [0.25, 0.3) is 11.0 Å². The maximum atomic E-state index is 12.2. The Morgan fingerprint density at radius 1 is 1.19 bits per heavy atom. The molecule has 0 fully saturated rings. The second-order valence-electron chi connectivity index (χ2n) is 7.02. The number of aromatic nitrogens is 3. The topological polar surface area (TPSA) is 92.1 Å². The molecular weight excluding hydrogens is 342 g/mol. The lowest BCUT2D eigenvalue weighted by molar-refractivity contribution is 0.248. The number of anilines is 1. The zero-order chi connectivity index (χ0) is 19.4. The van der Waals surface area contributed by atoms with Gasteiger partial charge in [-0.2, -0.15) is 5.10 Å². The van der Waals surface area contributed by atoms with Crippen LogP contribution in [0.4, 0.5) is 10.5 Å². The summed E-state index contributed by atoms with van der Waals surface area (Å²) in [7, 11) is 0. The number of urea groups is 1. The molecule has 0 saturated carbocycles. The fourth-order valence-electron chi connectivity index (χ4n) is 2.90. The summed E-state index contributed by atoms with van der Waals surface area (Å²) >= 11 is 0. The normalized spacial score (nSPS) is 12.3. The first-order chi connectivity index (χ1) is 12.9. The Kier molecular flexibility index (Phi) is 5.59. The number of amides is 2. The predicted octanol–water partition coefficient (Wildman–Crippen LogP) is 3.86. The third-order valence-electron chi connectivity index (χ3n) is 4.36. The summed E-state index contributed by atoms with van der Waals surface area (Å²) in [6, 6.07) is 8.97. The molecule has 0 radical (unpaired) electrons. The molecular formula is C20H25N5O2. The van der Waals surface area contributed by atoms with E-state index in [1.807, 2.05) is 43.7 Å². The van der Waals surface area contributed by atoms with Crippen molar-refractivity contribution >= 4 is 22.8 Å². The van der Waals surface area contributed by atoms with Crippen LogP contribution in [-0.4, -0.2) is 31.9 Å². The molecule has 0 aliphatic carbocycles. The zero-order valence-corrected chi connectivity index (χ0v) is 15.8. The van der Waals surface area contributed by atoms with Gasteiger partial charge in [-0.15, -0.1) is 0 Å². The van der Waals surface area contributed by atoms with Gasteiger partial charge in [-0.3, -0.25) is 0 Å². The molecule has 1 atom stereocenters. The van der Waals surface area contributed by atoms with Gasteiger partial charge < -0.3 is 15.7 Å². The number of phenols is 1. The van der Waals surface area contributed by atoms with Crippen LogP contribution in [0.15, 0.2) is 42.7 Å². The number of nitrogens with zero attached hydrogens (tertiary/aromatic N) is 3. The van der Waals surface area contributed by atoms with Gasteiger partial charge in [0.1, 0.15) is 5.75 Å². The number of aryl methyl sites for hydroxylation is 1. The molecule has 0 aliphatic rings. The molecule has 0 bridgehead atoms. The largest absolute Gasteiger partial charge is 0.508 e. The summed E-state index contributed by atoms with van der Waals surface area (Å²) in [4.78, 5) is 16.6. The Bertz CT molecular complexity index is 918. The second kappa shape index (κ2) is 8.07. The standard InChI is InChI=1S/C20H25N5O2/c1-13(2)25-19-16(11-22-25)10-17(12-21-19)24-20(27)23-14(3)4-5-15-6-8-18(26)9-7-15/h6-14,26H,4-5H2,1-3H3,(H2,23,24,27). The zero-order valence-electron chi connectivity index (χ0n) is 15.8. The highest BCUT2D eigenvalue weighted by Gasteiger charge is 2.11. The van der Waals surface area contributed by atoms with E-state index in [1.165, 1.54) is 0 Å². The van der Waals surface area contributed by atoms with Crippen LogP contribution in [0.3, 0.4) is 0 Å². The lowest BCUT2D eigenvalue weighted by Crippen LogP contribution is -2.36. The van der Waals surface area contributed by atoms with Crippen molar-refractivity contribution in [3.8, 4) is 5.75 Å². The number of carbonyl (C=O) groups excluding carboxylic acids is 1. The van der Waals surface area contributed by atoms with E-state index in [2.05, 4.69) is 20.7 Å². The van der Waals surface area contributed by atoms with Gasteiger partial charge in [-0.25, -0.2) is 14.5 Å². The number of rotatable bonds is 6. The number of hydrogen-bond acceptors (Lipinski definition) is 4. The smallest absolute Gasteiger partial charge is 0.319 e. The van der Waals surface area contributed by atoms with Gasteiger partial charge in [0.2, 0.25) is 0 Å². The Morgan fingerprint density at radius 3 is 2.63 bits per heavy atom. The first-order valence-corrected chi connectivity index (χ1v) is 9.11. The molecule has 0 saturated heterocycles. The maximum absolute atomic E-state index is 12.2. The molecule has 3 N–H and O–H groups in total. The Hall–Kier alpha value is -3.09. The average Bonchev–Trinajstić information content (AvgIpc) is 3.04. The fourth-order valence-corrected chi connectivity index (χ4v) is 2.90. The fraction of sp³-hybridized carbons (Fsp3) is 0.350. The van der Waals surface area contributed by atoms with Crippen LogP contribution in [0, 0.1) is 0 Å². The summed E-state index contributed by atoms with van der Waals surface area (Å²) in [6.45, 7) is 6.06. The summed E-state index contributed by atoms with van der Waals surface area (Å²) in [5.41, 5.74) is 2.56. The summed E-state index contributed by atoms with van der Waals surface area (Å²) in [6.07, 6.45) is 5.02. The second-order valence-corrected chi connectivity index (χ2v) is 7.02. The summed E-state index contributed by atoms with van der Waals surface area (Å²) in [5, 5.41) is 20.3. The molecule has 1 unspecified atom stereocenters.